The Morgan fingerprint density at radius 2 is 1.81 bits per heavy atom. The number of halogens is 1. The Morgan fingerprint density at radius 1 is 1.24 bits per heavy atom. The van der Waals surface area contributed by atoms with Gasteiger partial charge in [-0.1, -0.05) is 22.9 Å². The van der Waals surface area contributed by atoms with E-state index in [0.717, 1.165) is 35.1 Å². The molecule has 0 bridgehead atoms. The van der Waals surface area contributed by atoms with Crippen molar-refractivity contribution in [1.29, 1.82) is 0 Å². The number of hydrogen-bond donors (Lipinski definition) is 2. The van der Waals surface area contributed by atoms with Crippen molar-refractivity contribution in [2.45, 2.75) is 27.2 Å². The summed E-state index contributed by atoms with van der Waals surface area (Å²) in [5.74, 6) is 0. The fraction of sp³-hybridized carbons (Fsp3) is 0.571. The molecule has 2 N–H and O–H groups in total. The smallest absolute Gasteiger partial charge is 0.301 e. The largest absolute Gasteiger partial charge is 0.317 e. The molecule has 0 aromatic heterocycles. The molecule has 0 aliphatic rings. The van der Waals surface area contributed by atoms with Crippen LogP contribution in [-0.4, -0.2) is 39.4 Å². The van der Waals surface area contributed by atoms with Gasteiger partial charge in [-0.15, -0.1) is 0 Å². The summed E-state index contributed by atoms with van der Waals surface area (Å²) in [6.07, 6.45) is 0.781. The summed E-state index contributed by atoms with van der Waals surface area (Å²) in [5, 5.41) is 3.18. The average molecular weight is 378 g/mol. The first-order chi connectivity index (χ1) is 9.77. The molecular weight excluding hydrogens is 354 g/mol. The number of nitrogens with one attached hydrogen (secondary N) is 2. The fourth-order valence-electron chi connectivity index (χ4n) is 1.96. The van der Waals surface area contributed by atoms with E-state index in [1.54, 1.807) is 7.05 Å². The van der Waals surface area contributed by atoms with Gasteiger partial charge in [-0.05, 0) is 56.6 Å². The van der Waals surface area contributed by atoms with Crippen LogP contribution in [0.2, 0.25) is 0 Å². The number of benzene rings is 1. The lowest BCUT2D eigenvalue weighted by atomic mass is 10.1. The van der Waals surface area contributed by atoms with Gasteiger partial charge in [0.25, 0.3) is 0 Å². The molecule has 0 atom stereocenters. The van der Waals surface area contributed by atoms with Crippen LogP contribution in [0, 0.1) is 13.8 Å². The fourth-order valence-corrected chi connectivity index (χ4v) is 3.13. The summed E-state index contributed by atoms with van der Waals surface area (Å²) in [6.45, 7) is 8.10. The number of anilines is 1. The van der Waals surface area contributed by atoms with E-state index >= 15 is 0 Å². The summed E-state index contributed by atoms with van der Waals surface area (Å²) >= 11 is 3.48. The second kappa shape index (κ2) is 8.12. The molecule has 1 aromatic rings. The quantitative estimate of drug-likeness (QED) is 0.684. The first kappa shape index (κ1) is 18.4. The molecule has 0 saturated heterocycles. The van der Waals surface area contributed by atoms with Gasteiger partial charge < -0.3 is 5.32 Å². The van der Waals surface area contributed by atoms with Gasteiger partial charge in [0.2, 0.25) is 0 Å². The van der Waals surface area contributed by atoms with Gasteiger partial charge in [0.15, 0.2) is 0 Å². The molecule has 1 rings (SSSR count). The van der Waals surface area contributed by atoms with Crippen LogP contribution in [0.1, 0.15) is 24.5 Å². The Balaban J connectivity index is 2.71. The Bertz CT molecular complexity index is 553. The lowest BCUT2D eigenvalue weighted by Crippen LogP contribution is -2.34. The predicted octanol–water partition coefficient (Wildman–Crippen LogP) is 2.65. The molecule has 0 amide bonds. The number of nitrogens with zero attached hydrogens (tertiary/aromatic N) is 1. The third kappa shape index (κ3) is 5.58. The molecule has 0 radical (unpaired) electrons. The highest BCUT2D eigenvalue weighted by Crippen LogP contribution is 2.25. The minimum absolute atomic E-state index is 0.483. The summed E-state index contributed by atoms with van der Waals surface area (Å²) in [7, 11) is -1.92. The zero-order chi connectivity index (χ0) is 16.0. The topological polar surface area (TPSA) is 61.4 Å². The third-order valence-electron chi connectivity index (χ3n) is 3.17. The van der Waals surface area contributed by atoms with Crippen LogP contribution in [0.25, 0.3) is 0 Å². The summed E-state index contributed by atoms with van der Waals surface area (Å²) in [6, 6.07) is 3.64. The summed E-state index contributed by atoms with van der Waals surface area (Å²) in [4.78, 5) is 0. The molecule has 0 fully saturated rings. The Morgan fingerprint density at radius 3 is 2.33 bits per heavy atom. The van der Waals surface area contributed by atoms with Gasteiger partial charge in [-0.3, -0.25) is 4.72 Å². The summed E-state index contributed by atoms with van der Waals surface area (Å²) < 4.78 is 29.5. The molecule has 120 valence electrons. The van der Waals surface area contributed by atoms with Crippen molar-refractivity contribution in [2.75, 3.05) is 31.4 Å². The van der Waals surface area contributed by atoms with Gasteiger partial charge in [0.05, 0.1) is 5.69 Å². The standard InChI is InChI=1S/C14H24BrN3O2S/c1-5-16-7-6-8-18(4)21(19,20)17-13-9-11(2)14(15)12(3)10-13/h9-10,16-17H,5-8H2,1-4H3. The van der Waals surface area contributed by atoms with Gasteiger partial charge >= 0.3 is 10.2 Å². The van der Waals surface area contributed by atoms with Crippen LogP contribution < -0.4 is 10.0 Å². The van der Waals surface area contributed by atoms with Gasteiger partial charge in [0, 0.05) is 18.1 Å². The number of aryl methyl sites for hydroxylation is 2. The number of rotatable bonds is 8. The summed E-state index contributed by atoms with van der Waals surface area (Å²) in [5.41, 5.74) is 2.59. The van der Waals surface area contributed by atoms with Crippen LogP contribution >= 0.6 is 15.9 Å². The first-order valence-electron chi connectivity index (χ1n) is 6.99. The highest BCUT2D eigenvalue weighted by Gasteiger charge is 2.17. The van der Waals surface area contributed by atoms with Crippen molar-refractivity contribution < 1.29 is 8.42 Å². The molecule has 0 aliphatic carbocycles. The molecule has 0 spiro atoms. The monoisotopic (exact) mass is 377 g/mol. The van der Waals surface area contributed by atoms with E-state index in [4.69, 9.17) is 0 Å². The molecule has 5 nitrogen and oxygen atoms in total. The van der Waals surface area contributed by atoms with E-state index in [0.29, 0.717) is 12.2 Å². The molecule has 21 heavy (non-hydrogen) atoms. The average Bonchev–Trinajstić information content (AvgIpc) is 2.40. The minimum Gasteiger partial charge on any atom is -0.317 e. The number of hydrogen-bond acceptors (Lipinski definition) is 3. The van der Waals surface area contributed by atoms with Crippen molar-refractivity contribution in [1.82, 2.24) is 9.62 Å². The Labute approximate surface area is 136 Å². The Hall–Kier alpha value is -0.630. The normalized spacial score (nSPS) is 11.9. The maximum atomic E-state index is 12.3. The van der Waals surface area contributed by atoms with Crippen molar-refractivity contribution in [2.24, 2.45) is 0 Å². The highest BCUT2D eigenvalue weighted by atomic mass is 79.9. The second-order valence-electron chi connectivity index (χ2n) is 5.06. The SMILES string of the molecule is CCNCCCN(C)S(=O)(=O)Nc1cc(C)c(Br)c(C)c1. The van der Waals surface area contributed by atoms with Gasteiger partial charge in [-0.2, -0.15) is 12.7 Å². The lowest BCUT2D eigenvalue weighted by molar-refractivity contribution is 0.459. The minimum atomic E-state index is -3.51. The van der Waals surface area contributed by atoms with Gasteiger partial charge in [0.1, 0.15) is 0 Å². The molecule has 1 aromatic carbocycles. The molecule has 0 aliphatic heterocycles. The van der Waals surface area contributed by atoms with Gasteiger partial charge in [-0.25, -0.2) is 0 Å². The van der Waals surface area contributed by atoms with Crippen LogP contribution in [0.3, 0.4) is 0 Å². The second-order valence-corrected chi connectivity index (χ2v) is 7.63. The molecule has 0 heterocycles. The van der Waals surface area contributed by atoms with E-state index < -0.39 is 10.2 Å². The van der Waals surface area contributed by atoms with Crippen LogP contribution in [0.5, 0.6) is 0 Å². The van der Waals surface area contributed by atoms with E-state index in [-0.39, 0.29) is 0 Å². The predicted molar refractivity (Wildman–Crippen MR) is 91.9 cm³/mol. The molecular formula is C14H24BrN3O2S. The van der Waals surface area contributed by atoms with Crippen LogP contribution in [0.4, 0.5) is 5.69 Å². The van der Waals surface area contributed by atoms with Crippen LogP contribution in [0.15, 0.2) is 16.6 Å². The van der Waals surface area contributed by atoms with Crippen molar-refractivity contribution in [3.63, 3.8) is 0 Å². The van der Waals surface area contributed by atoms with E-state index in [1.165, 1.54) is 4.31 Å². The van der Waals surface area contributed by atoms with E-state index in [1.807, 2.05) is 32.9 Å². The van der Waals surface area contributed by atoms with Crippen molar-refractivity contribution in [3.05, 3.63) is 27.7 Å². The van der Waals surface area contributed by atoms with Crippen LogP contribution in [-0.2, 0) is 10.2 Å². The molecule has 0 unspecified atom stereocenters. The van der Waals surface area contributed by atoms with E-state index in [2.05, 4.69) is 26.0 Å². The zero-order valence-corrected chi connectivity index (χ0v) is 15.4. The maximum Gasteiger partial charge on any atom is 0.301 e. The third-order valence-corrected chi connectivity index (χ3v) is 5.92. The molecule has 7 heteroatoms. The Kier molecular flexibility index (Phi) is 7.12. The maximum absolute atomic E-state index is 12.3. The zero-order valence-electron chi connectivity index (χ0n) is 13.0. The van der Waals surface area contributed by atoms with Crippen molar-refractivity contribution >= 4 is 31.8 Å². The highest BCUT2D eigenvalue weighted by molar-refractivity contribution is 9.10. The first-order valence-corrected chi connectivity index (χ1v) is 9.22. The van der Waals surface area contributed by atoms with E-state index in [9.17, 15) is 8.42 Å². The molecule has 0 saturated carbocycles. The lowest BCUT2D eigenvalue weighted by Gasteiger charge is -2.19. The van der Waals surface area contributed by atoms with Crippen molar-refractivity contribution in [3.8, 4) is 0 Å².